The third-order valence-corrected chi connectivity index (χ3v) is 4.69. The van der Waals surface area contributed by atoms with Crippen molar-refractivity contribution in [3.63, 3.8) is 0 Å². The number of carbonyl (C=O) groups excluding carboxylic acids is 1. The highest BCUT2D eigenvalue weighted by atomic mass is 35.5. The van der Waals surface area contributed by atoms with Crippen molar-refractivity contribution in [2.45, 2.75) is 50.6 Å². The van der Waals surface area contributed by atoms with Gasteiger partial charge in [-0.25, -0.2) is 13.8 Å². The summed E-state index contributed by atoms with van der Waals surface area (Å²) < 4.78 is 25.7. The summed E-state index contributed by atoms with van der Waals surface area (Å²) in [5.74, 6) is -4.40. The summed E-state index contributed by atoms with van der Waals surface area (Å²) in [6, 6.07) is 0.0816. The number of aliphatic hydroxyl groups is 2. The Morgan fingerprint density at radius 1 is 1.52 bits per heavy atom. The minimum absolute atomic E-state index is 0.194. The van der Waals surface area contributed by atoms with Gasteiger partial charge in [0, 0.05) is 6.07 Å². The zero-order valence-electron chi connectivity index (χ0n) is 14.9. The number of nitrogens with two attached hydrogens (primary N) is 2. The summed E-state index contributed by atoms with van der Waals surface area (Å²) in [5, 5.41) is 20.2. The zero-order valence-corrected chi connectivity index (χ0v) is 15.7. The molecule has 0 spiro atoms. The van der Waals surface area contributed by atoms with E-state index in [2.05, 4.69) is 4.98 Å². The zero-order chi connectivity index (χ0) is 20.7. The molecule has 5 atom stereocenters. The van der Waals surface area contributed by atoms with Crippen molar-refractivity contribution >= 4 is 23.4 Å². The van der Waals surface area contributed by atoms with Crippen LogP contribution >= 0.6 is 11.6 Å². The highest BCUT2D eigenvalue weighted by Crippen LogP contribution is 2.43. The van der Waals surface area contributed by atoms with Crippen molar-refractivity contribution < 1.29 is 28.9 Å². The monoisotopic (exact) mass is 408 g/mol. The maximum absolute atomic E-state index is 15.2. The summed E-state index contributed by atoms with van der Waals surface area (Å²) in [7, 11) is 0. The quantitative estimate of drug-likeness (QED) is 0.357. The van der Waals surface area contributed by atoms with Crippen LogP contribution in [-0.4, -0.2) is 56.4 Å². The van der Waals surface area contributed by atoms with E-state index in [0.717, 1.165) is 13.0 Å². The number of hydrogen-bond donors (Lipinski definition) is 4. The number of ether oxygens (including phenoxy) is 2. The van der Waals surface area contributed by atoms with Crippen LogP contribution in [0.5, 0.6) is 0 Å². The molecule has 12 heteroatoms. The number of alkyl halides is 1. The lowest BCUT2D eigenvalue weighted by atomic mass is 10.0. The molecule has 1 aromatic heterocycles. The fourth-order valence-corrected chi connectivity index (χ4v) is 3.05. The van der Waals surface area contributed by atoms with Crippen molar-refractivity contribution in [1.29, 1.82) is 0 Å². The number of aromatic nitrogens is 2. The fourth-order valence-electron chi connectivity index (χ4n) is 2.70. The van der Waals surface area contributed by atoms with Gasteiger partial charge in [0.25, 0.3) is 5.85 Å². The molecular formula is C15H22ClFN4O6. The van der Waals surface area contributed by atoms with Gasteiger partial charge >= 0.3 is 11.7 Å². The van der Waals surface area contributed by atoms with Gasteiger partial charge in [-0.2, -0.15) is 4.98 Å². The largest absolute Gasteiger partial charge is 0.458 e. The predicted octanol–water partition coefficient (Wildman–Crippen LogP) is -0.904. The van der Waals surface area contributed by atoms with Crippen LogP contribution in [0.25, 0.3) is 0 Å². The number of nitrogen functional groups attached to an aromatic ring is 1. The first-order valence-corrected chi connectivity index (χ1v) is 8.44. The van der Waals surface area contributed by atoms with Crippen LogP contribution in [0.1, 0.15) is 20.8 Å². The second kappa shape index (κ2) is 7.32. The van der Waals surface area contributed by atoms with Crippen LogP contribution in [0.4, 0.5) is 10.2 Å². The first-order valence-electron chi connectivity index (χ1n) is 8.06. The van der Waals surface area contributed by atoms with E-state index in [0.29, 0.717) is 4.57 Å². The van der Waals surface area contributed by atoms with Gasteiger partial charge in [0.1, 0.15) is 29.2 Å². The standard InChI is InChI=1S/C15H22ClFN4O6/c1-6(2)9(19)12(24)26-5-15(17)11(23)10(22)14(3,27-15)21-7(16)4-8(18)20-13(21)25/h4,6,9-11,22-23H,5,19H2,1-3H3,(H2,18,20,25)/t9-,10+,11-,14+,15+/m0/s1. The molecule has 2 heterocycles. The first kappa shape index (κ1) is 21.5. The average Bonchev–Trinajstić information content (AvgIpc) is 2.72. The lowest BCUT2D eigenvalue weighted by molar-refractivity contribution is -0.245. The van der Waals surface area contributed by atoms with E-state index >= 15 is 4.39 Å². The average molecular weight is 409 g/mol. The van der Waals surface area contributed by atoms with Gasteiger partial charge in [-0.1, -0.05) is 25.4 Å². The Bertz CT molecular complexity index is 792. The normalized spacial score (nSPS) is 31.9. The maximum Gasteiger partial charge on any atom is 0.353 e. The molecule has 0 radical (unpaired) electrons. The van der Waals surface area contributed by atoms with Crippen LogP contribution in [0, 0.1) is 5.92 Å². The smallest absolute Gasteiger partial charge is 0.353 e. The predicted molar refractivity (Wildman–Crippen MR) is 92.3 cm³/mol. The van der Waals surface area contributed by atoms with Crippen LogP contribution in [-0.2, 0) is 20.0 Å². The number of halogens is 2. The van der Waals surface area contributed by atoms with Crippen molar-refractivity contribution in [1.82, 2.24) is 9.55 Å². The van der Waals surface area contributed by atoms with E-state index in [1.807, 2.05) is 0 Å². The number of esters is 1. The molecule has 1 aromatic rings. The summed E-state index contributed by atoms with van der Waals surface area (Å²) in [5.41, 5.74) is 7.86. The molecule has 1 aliphatic heterocycles. The summed E-state index contributed by atoms with van der Waals surface area (Å²) in [4.78, 5) is 27.4. The SMILES string of the molecule is CC(C)[C@H](N)C(=O)OC[C@@]1(F)O[C@@](C)(n2c(Cl)cc(N)nc2=O)[C@H](O)[C@@H]1O. The Balaban J connectivity index is 2.31. The number of carbonyl (C=O) groups is 1. The molecule has 1 saturated heterocycles. The number of hydrogen-bond acceptors (Lipinski definition) is 9. The van der Waals surface area contributed by atoms with E-state index < -0.39 is 48.1 Å². The van der Waals surface area contributed by atoms with E-state index in [1.165, 1.54) is 0 Å². The Morgan fingerprint density at radius 2 is 2.11 bits per heavy atom. The Labute approximate surface area is 158 Å². The molecule has 2 rings (SSSR count). The topological polar surface area (TPSA) is 163 Å². The fraction of sp³-hybridized carbons (Fsp3) is 0.667. The van der Waals surface area contributed by atoms with Crippen LogP contribution in [0.15, 0.2) is 10.9 Å². The Hall–Kier alpha value is -1.79. The van der Waals surface area contributed by atoms with Crippen molar-refractivity contribution in [3.8, 4) is 0 Å². The lowest BCUT2D eigenvalue weighted by Crippen LogP contribution is -2.49. The van der Waals surface area contributed by atoms with Crippen LogP contribution in [0.2, 0.25) is 5.15 Å². The Morgan fingerprint density at radius 3 is 2.63 bits per heavy atom. The van der Waals surface area contributed by atoms with Gasteiger partial charge in [-0.15, -0.1) is 0 Å². The molecule has 6 N–H and O–H groups in total. The molecule has 0 aliphatic carbocycles. The third-order valence-electron chi connectivity index (χ3n) is 4.41. The van der Waals surface area contributed by atoms with Crippen molar-refractivity contribution in [3.05, 3.63) is 21.7 Å². The molecular weight excluding hydrogens is 387 g/mol. The summed E-state index contributed by atoms with van der Waals surface area (Å²) >= 11 is 5.96. The number of nitrogens with zero attached hydrogens (tertiary/aromatic N) is 2. The molecule has 10 nitrogen and oxygen atoms in total. The Kier molecular flexibility index (Phi) is 5.83. The van der Waals surface area contributed by atoms with Gasteiger partial charge in [0.2, 0.25) is 0 Å². The van der Waals surface area contributed by atoms with Gasteiger partial charge in [-0.3, -0.25) is 4.79 Å². The van der Waals surface area contributed by atoms with Crippen LogP contribution < -0.4 is 17.2 Å². The molecule has 0 unspecified atom stereocenters. The molecule has 0 bridgehead atoms. The summed E-state index contributed by atoms with van der Waals surface area (Å²) in [6.45, 7) is 3.40. The van der Waals surface area contributed by atoms with Gasteiger partial charge in [0.15, 0.2) is 12.3 Å². The van der Waals surface area contributed by atoms with E-state index in [9.17, 15) is 19.8 Å². The molecule has 27 heavy (non-hydrogen) atoms. The molecule has 0 saturated carbocycles. The second-order valence-electron chi connectivity index (χ2n) is 6.83. The van der Waals surface area contributed by atoms with Gasteiger partial charge in [-0.05, 0) is 12.8 Å². The van der Waals surface area contributed by atoms with Gasteiger partial charge in [0.05, 0.1) is 0 Å². The molecule has 1 aliphatic rings. The third kappa shape index (κ3) is 3.78. The van der Waals surface area contributed by atoms with E-state index in [-0.39, 0.29) is 16.9 Å². The van der Waals surface area contributed by atoms with Crippen molar-refractivity contribution in [2.24, 2.45) is 11.7 Å². The number of anilines is 1. The maximum atomic E-state index is 15.2. The lowest BCUT2D eigenvalue weighted by Gasteiger charge is -2.31. The molecule has 0 amide bonds. The second-order valence-corrected chi connectivity index (χ2v) is 7.22. The minimum atomic E-state index is -3.02. The number of aliphatic hydroxyl groups excluding tert-OH is 2. The van der Waals surface area contributed by atoms with Crippen molar-refractivity contribution in [2.75, 3.05) is 12.3 Å². The highest BCUT2D eigenvalue weighted by Gasteiger charge is 2.63. The number of rotatable bonds is 5. The van der Waals surface area contributed by atoms with E-state index in [1.54, 1.807) is 13.8 Å². The van der Waals surface area contributed by atoms with E-state index in [4.69, 9.17) is 32.5 Å². The molecule has 0 aromatic carbocycles. The summed E-state index contributed by atoms with van der Waals surface area (Å²) in [6.07, 6.45) is -4.10. The molecule has 1 fully saturated rings. The minimum Gasteiger partial charge on any atom is -0.458 e. The van der Waals surface area contributed by atoms with Gasteiger partial charge < -0.3 is 31.2 Å². The first-order chi connectivity index (χ1) is 12.3. The van der Waals surface area contributed by atoms with Crippen LogP contribution in [0.3, 0.4) is 0 Å². The molecule has 152 valence electrons. The highest BCUT2D eigenvalue weighted by molar-refractivity contribution is 6.29.